The summed E-state index contributed by atoms with van der Waals surface area (Å²) in [5, 5.41) is 30.9. The number of carbonyl (C=O) groups is 1. The monoisotopic (exact) mass is 418 g/mol. The number of pyridine rings is 1. The topological polar surface area (TPSA) is 105 Å². The Morgan fingerprint density at radius 2 is 1.84 bits per heavy atom. The molecule has 31 heavy (non-hydrogen) atoms. The van der Waals surface area contributed by atoms with E-state index >= 15 is 0 Å². The van der Waals surface area contributed by atoms with Crippen LogP contribution >= 0.6 is 0 Å². The van der Waals surface area contributed by atoms with Crippen molar-refractivity contribution in [1.29, 1.82) is 0 Å². The molecule has 0 radical (unpaired) electrons. The number of hydrogen-bond acceptors (Lipinski definition) is 6. The maximum absolute atomic E-state index is 12.3. The van der Waals surface area contributed by atoms with Crippen molar-refractivity contribution in [3.8, 4) is 33.9 Å². The van der Waals surface area contributed by atoms with Gasteiger partial charge in [-0.25, -0.2) is 9.78 Å². The molecule has 3 N–H and O–H groups in total. The van der Waals surface area contributed by atoms with Crippen molar-refractivity contribution in [2.75, 3.05) is 13.2 Å². The van der Waals surface area contributed by atoms with Gasteiger partial charge in [-0.1, -0.05) is 30.3 Å². The number of aliphatic hydroxyl groups excluding tert-OH is 1. The van der Waals surface area contributed by atoms with Crippen LogP contribution in [0.25, 0.3) is 33.4 Å². The fourth-order valence-corrected chi connectivity index (χ4v) is 3.75. The highest BCUT2D eigenvalue weighted by molar-refractivity contribution is 6.05. The standard InChI is InChI=1S/C24H22N2O5/c1-2-31-24(30)19-11-10-18-21(15-6-4-3-5-7-15)22(26(12-13-27)23(18)25-19)17-9-8-16(28)14-20(17)29/h3-11,14,27-29H,2,12-13H2,1H3. The summed E-state index contributed by atoms with van der Waals surface area (Å²) in [5.41, 5.74) is 3.43. The summed E-state index contributed by atoms with van der Waals surface area (Å²) in [7, 11) is 0. The molecule has 0 amide bonds. The first-order valence-electron chi connectivity index (χ1n) is 9.94. The van der Waals surface area contributed by atoms with Crippen molar-refractivity contribution < 1.29 is 24.9 Å². The number of aromatic hydroxyl groups is 2. The number of hydrogen-bond donors (Lipinski definition) is 3. The highest BCUT2D eigenvalue weighted by Gasteiger charge is 2.24. The van der Waals surface area contributed by atoms with Crippen LogP contribution in [0.1, 0.15) is 17.4 Å². The number of nitrogens with zero attached hydrogens (tertiary/aromatic N) is 2. The molecule has 2 aromatic carbocycles. The Bertz CT molecular complexity index is 1250. The zero-order valence-corrected chi connectivity index (χ0v) is 16.9. The zero-order valence-electron chi connectivity index (χ0n) is 16.9. The fourth-order valence-electron chi connectivity index (χ4n) is 3.75. The number of aliphatic hydroxyl groups is 1. The molecule has 0 spiro atoms. The summed E-state index contributed by atoms with van der Waals surface area (Å²) in [6.45, 7) is 1.98. The van der Waals surface area contributed by atoms with Crippen molar-refractivity contribution in [1.82, 2.24) is 9.55 Å². The molecule has 0 atom stereocenters. The van der Waals surface area contributed by atoms with E-state index in [1.165, 1.54) is 12.1 Å². The minimum atomic E-state index is -0.531. The maximum Gasteiger partial charge on any atom is 0.356 e. The smallest absolute Gasteiger partial charge is 0.356 e. The van der Waals surface area contributed by atoms with Gasteiger partial charge in [-0.15, -0.1) is 0 Å². The first-order valence-corrected chi connectivity index (χ1v) is 9.94. The number of carbonyl (C=O) groups excluding carboxylic acids is 1. The third-order valence-corrected chi connectivity index (χ3v) is 5.01. The second-order valence-electron chi connectivity index (χ2n) is 6.95. The molecular weight excluding hydrogens is 396 g/mol. The van der Waals surface area contributed by atoms with Gasteiger partial charge in [0.1, 0.15) is 17.1 Å². The summed E-state index contributed by atoms with van der Waals surface area (Å²) in [5.74, 6) is -0.698. The molecule has 7 nitrogen and oxygen atoms in total. The highest BCUT2D eigenvalue weighted by Crippen LogP contribution is 2.44. The second kappa shape index (κ2) is 8.49. The summed E-state index contributed by atoms with van der Waals surface area (Å²) in [6, 6.07) is 17.4. The van der Waals surface area contributed by atoms with Crippen LogP contribution in [0, 0.1) is 0 Å². The summed E-state index contributed by atoms with van der Waals surface area (Å²) in [4.78, 5) is 16.8. The molecule has 0 aliphatic heterocycles. The number of benzene rings is 2. The van der Waals surface area contributed by atoms with E-state index in [9.17, 15) is 20.1 Å². The van der Waals surface area contributed by atoms with Crippen molar-refractivity contribution in [2.45, 2.75) is 13.5 Å². The molecule has 0 saturated carbocycles. The van der Waals surface area contributed by atoms with E-state index in [1.807, 2.05) is 30.3 Å². The van der Waals surface area contributed by atoms with Gasteiger partial charge in [0.05, 0.1) is 18.9 Å². The molecular formula is C24H22N2O5. The minimum Gasteiger partial charge on any atom is -0.508 e. The molecule has 2 heterocycles. The Hall–Kier alpha value is -3.84. The van der Waals surface area contributed by atoms with Gasteiger partial charge in [-0.3, -0.25) is 0 Å². The molecule has 2 aromatic heterocycles. The average Bonchev–Trinajstić information content (AvgIpc) is 3.08. The lowest BCUT2D eigenvalue weighted by atomic mass is 9.98. The van der Waals surface area contributed by atoms with Crippen molar-refractivity contribution in [2.24, 2.45) is 0 Å². The van der Waals surface area contributed by atoms with E-state index in [-0.39, 0.29) is 37.0 Å². The Morgan fingerprint density at radius 1 is 1.06 bits per heavy atom. The Labute approximate surface area is 178 Å². The van der Waals surface area contributed by atoms with Gasteiger partial charge >= 0.3 is 5.97 Å². The molecule has 0 unspecified atom stereocenters. The number of rotatable bonds is 6. The second-order valence-corrected chi connectivity index (χ2v) is 6.95. The SMILES string of the molecule is CCOC(=O)c1ccc2c(-c3ccccc3)c(-c3ccc(O)cc3O)n(CCO)c2n1. The van der Waals surface area contributed by atoms with Crippen LogP contribution in [0.2, 0.25) is 0 Å². The van der Waals surface area contributed by atoms with Crippen molar-refractivity contribution >= 4 is 17.0 Å². The molecule has 158 valence electrons. The van der Waals surface area contributed by atoms with E-state index in [1.54, 1.807) is 29.7 Å². The van der Waals surface area contributed by atoms with Crippen LogP contribution in [0.15, 0.2) is 60.7 Å². The van der Waals surface area contributed by atoms with E-state index in [0.29, 0.717) is 16.9 Å². The number of aromatic nitrogens is 2. The Morgan fingerprint density at radius 3 is 2.52 bits per heavy atom. The quantitative estimate of drug-likeness (QED) is 0.410. The fraction of sp³-hybridized carbons (Fsp3) is 0.167. The summed E-state index contributed by atoms with van der Waals surface area (Å²) < 4.78 is 6.86. The molecule has 7 heteroatoms. The molecule has 4 aromatic rings. The van der Waals surface area contributed by atoms with E-state index in [0.717, 1.165) is 16.5 Å². The number of phenols is 2. The first kappa shape index (κ1) is 20.4. The molecule has 0 bridgehead atoms. The average molecular weight is 418 g/mol. The number of phenolic OH excluding ortho intramolecular Hbond substituents is 2. The van der Waals surface area contributed by atoms with E-state index in [2.05, 4.69) is 4.98 Å². The van der Waals surface area contributed by atoms with Gasteiger partial charge in [0.15, 0.2) is 5.69 Å². The molecule has 0 aliphatic carbocycles. The van der Waals surface area contributed by atoms with Crippen LogP contribution in [0.3, 0.4) is 0 Å². The van der Waals surface area contributed by atoms with Gasteiger partial charge in [0.25, 0.3) is 0 Å². The predicted octanol–water partition coefficient (Wildman–Crippen LogP) is 3.95. The summed E-state index contributed by atoms with van der Waals surface area (Å²) >= 11 is 0. The third-order valence-electron chi connectivity index (χ3n) is 5.01. The Balaban J connectivity index is 2.09. The number of fused-ring (bicyclic) bond motifs is 1. The Kier molecular flexibility index (Phi) is 5.60. The molecule has 4 rings (SSSR count). The van der Waals surface area contributed by atoms with Crippen LogP contribution in [0.4, 0.5) is 0 Å². The van der Waals surface area contributed by atoms with Crippen LogP contribution in [-0.2, 0) is 11.3 Å². The third kappa shape index (κ3) is 3.71. The normalized spacial score (nSPS) is 11.0. The molecule has 0 aliphatic rings. The zero-order chi connectivity index (χ0) is 22.0. The largest absolute Gasteiger partial charge is 0.508 e. The van der Waals surface area contributed by atoms with Crippen molar-refractivity contribution in [3.05, 3.63) is 66.4 Å². The van der Waals surface area contributed by atoms with Gasteiger partial charge in [0, 0.05) is 29.1 Å². The highest BCUT2D eigenvalue weighted by atomic mass is 16.5. The van der Waals surface area contributed by atoms with Crippen LogP contribution < -0.4 is 0 Å². The lowest BCUT2D eigenvalue weighted by molar-refractivity contribution is 0.0520. The van der Waals surface area contributed by atoms with E-state index in [4.69, 9.17) is 4.74 Å². The number of esters is 1. The van der Waals surface area contributed by atoms with Gasteiger partial charge < -0.3 is 24.6 Å². The first-order chi connectivity index (χ1) is 15.0. The lowest BCUT2D eigenvalue weighted by Crippen LogP contribution is -2.09. The number of ether oxygens (including phenoxy) is 1. The maximum atomic E-state index is 12.3. The van der Waals surface area contributed by atoms with Crippen molar-refractivity contribution in [3.63, 3.8) is 0 Å². The van der Waals surface area contributed by atoms with Gasteiger partial charge in [0.2, 0.25) is 0 Å². The summed E-state index contributed by atoms with van der Waals surface area (Å²) in [6.07, 6.45) is 0. The van der Waals surface area contributed by atoms with E-state index < -0.39 is 5.97 Å². The van der Waals surface area contributed by atoms with Gasteiger partial charge in [-0.05, 0) is 36.8 Å². The minimum absolute atomic E-state index is 0.0601. The lowest BCUT2D eigenvalue weighted by Gasteiger charge is -2.13. The molecule has 0 fully saturated rings. The molecule has 0 saturated heterocycles. The predicted molar refractivity (Wildman–Crippen MR) is 117 cm³/mol. The van der Waals surface area contributed by atoms with Gasteiger partial charge in [-0.2, -0.15) is 0 Å². The van der Waals surface area contributed by atoms with Crippen LogP contribution in [-0.4, -0.2) is 44.1 Å². The van der Waals surface area contributed by atoms with Crippen LogP contribution in [0.5, 0.6) is 11.5 Å².